The van der Waals surface area contributed by atoms with E-state index >= 15 is 0 Å². The Morgan fingerprint density at radius 1 is 1.17 bits per heavy atom. The van der Waals surface area contributed by atoms with E-state index < -0.39 is 9.84 Å². The predicted octanol–water partition coefficient (Wildman–Crippen LogP) is 2.48. The highest BCUT2D eigenvalue weighted by Gasteiger charge is 2.27. The van der Waals surface area contributed by atoms with Gasteiger partial charge in [0.25, 0.3) is 0 Å². The SMILES string of the molecule is C[C@H]1Cc2ccccc2N1CC(=O)Nc1ccccc1S(C)(=O)=O. The van der Waals surface area contributed by atoms with Gasteiger partial charge in [-0.3, -0.25) is 4.79 Å². The average molecular weight is 344 g/mol. The molecule has 1 N–H and O–H groups in total. The molecule has 0 saturated heterocycles. The van der Waals surface area contributed by atoms with Crippen LogP contribution in [0.2, 0.25) is 0 Å². The molecule has 0 unspecified atom stereocenters. The van der Waals surface area contributed by atoms with E-state index in [1.54, 1.807) is 18.2 Å². The first kappa shape index (κ1) is 16.5. The van der Waals surface area contributed by atoms with E-state index in [4.69, 9.17) is 0 Å². The molecule has 0 radical (unpaired) electrons. The first-order valence-electron chi connectivity index (χ1n) is 7.80. The molecule has 0 spiro atoms. The van der Waals surface area contributed by atoms with Crippen LogP contribution in [0.15, 0.2) is 53.4 Å². The first-order chi connectivity index (χ1) is 11.4. The summed E-state index contributed by atoms with van der Waals surface area (Å²) in [6.45, 7) is 2.27. The second-order valence-electron chi connectivity index (χ2n) is 6.13. The minimum Gasteiger partial charge on any atom is -0.359 e. The van der Waals surface area contributed by atoms with Crippen molar-refractivity contribution in [2.24, 2.45) is 0 Å². The molecule has 6 heteroatoms. The molecule has 1 aliphatic heterocycles. The number of fused-ring (bicyclic) bond motifs is 1. The maximum atomic E-state index is 12.5. The van der Waals surface area contributed by atoms with Crippen LogP contribution in [0.4, 0.5) is 11.4 Å². The molecule has 3 rings (SSSR count). The Balaban J connectivity index is 1.78. The number of para-hydroxylation sites is 2. The van der Waals surface area contributed by atoms with Crippen molar-refractivity contribution in [3.05, 3.63) is 54.1 Å². The van der Waals surface area contributed by atoms with Gasteiger partial charge < -0.3 is 10.2 Å². The molecule has 0 bridgehead atoms. The second-order valence-corrected chi connectivity index (χ2v) is 8.11. The molecular weight excluding hydrogens is 324 g/mol. The Labute approximate surface area is 142 Å². The van der Waals surface area contributed by atoms with Gasteiger partial charge in [-0.2, -0.15) is 0 Å². The van der Waals surface area contributed by atoms with Gasteiger partial charge in [0.1, 0.15) is 0 Å². The van der Waals surface area contributed by atoms with E-state index in [2.05, 4.69) is 18.3 Å². The van der Waals surface area contributed by atoms with Crippen LogP contribution < -0.4 is 10.2 Å². The van der Waals surface area contributed by atoms with Gasteiger partial charge in [-0.15, -0.1) is 0 Å². The van der Waals surface area contributed by atoms with Gasteiger partial charge in [-0.25, -0.2) is 8.42 Å². The lowest BCUT2D eigenvalue weighted by Crippen LogP contribution is -2.37. The summed E-state index contributed by atoms with van der Waals surface area (Å²) in [5, 5.41) is 2.74. The molecule has 0 saturated carbocycles. The maximum Gasteiger partial charge on any atom is 0.243 e. The third-order valence-corrected chi connectivity index (χ3v) is 5.38. The summed E-state index contributed by atoms with van der Waals surface area (Å²) in [4.78, 5) is 14.6. The van der Waals surface area contributed by atoms with Gasteiger partial charge >= 0.3 is 0 Å². The van der Waals surface area contributed by atoms with Gasteiger partial charge in [0, 0.05) is 18.0 Å². The maximum absolute atomic E-state index is 12.5. The van der Waals surface area contributed by atoms with Crippen LogP contribution in [-0.4, -0.2) is 33.2 Å². The van der Waals surface area contributed by atoms with Crippen LogP contribution in [0, 0.1) is 0 Å². The summed E-state index contributed by atoms with van der Waals surface area (Å²) in [6, 6.07) is 14.7. The summed E-state index contributed by atoms with van der Waals surface area (Å²) >= 11 is 0. The van der Waals surface area contributed by atoms with Crippen molar-refractivity contribution in [3.8, 4) is 0 Å². The largest absolute Gasteiger partial charge is 0.359 e. The highest BCUT2D eigenvalue weighted by molar-refractivity contribution is 7.90. The molecule has 2 aromatic rings. The molecule has 1 heterocycles. The molecule has 24 heavy (non-hydrogen) atoms. The fourth-order valence-corrected chi connectivity index (χ4v) is 3.95. The van der Waals surface area contributed by atoms with Gasteiger partial charge in [-0.05, 0) is 37.1 Å². The molecule has 1 amide bonds. The van der Waals surface area contributed by atoms with Crippen molar-refractivity contribution in [2.45, 2.75) is 24.3 Å². The number of hydrogen-bond donors (Lipinski definition) is 1. The van der Waals surface area contributed by atoms with E-state index in [1.807, 2.05) is 23.1 Å². The number of carbonyl (C=O) groups is 1. The number of benzene rings is 2. The molecular formula is C18H20N2O3S. The van der Waals surface area contributed by atoms with Crippen LogP contribution in [0.5, 0.6) is 0 Å². The zero-order valence-electron chi connectivity index (χ0n) is 13.7. The number of nitrogens with one attached hydrogen (secondary N) is 1. The third kappa shape index (κ3) is 3.28. The van der Waals surface area contributed by atoms with Crippen molar-refractivity contribution in [1.82, 2.24) is 0 Å². The zero-order valence-corrected chi connectivity index (χ0v) is 14.5. The summed E-state index contributed by atoms with van der Waals surface area (Å²) in [5.41, 5.74) is 2.62. The number of hydrogen-bond acceptors (Lipinski definition) is 4. The Bertz CT molecular complexity index is 877. The van der Waals surface area contributed by atoms with E-state index in [0.29, 0.717) is 5.69 Å². The summed E-state index contributed by atoms with van der Waals surface area (Å²) in [6.07, 6.45) is 2.04. The first-order valence-corrected chi connectivity index (χ1v) is 9.69. The lowest BCUT2D eigenvalue weighted by atomic mass is 10.1. The lowest BCUT2D eigenvalue weighted by Gasteiger charge is -2.24. The van der Waals surface area contributed by atoms with Crippen molar-refractivity contribution >= 4 is 27.1 Å². The normalized spacial score (nSPS) is 16.8. The Morgan fingerprint density at radius 2 is 1.83 bits per heavy atom. The summed E-state index contributed by atoms with van der Waals surface area (Å²) < 4.78 is 23.7. The Kier molecular flexibility index (Phi) is 4.32. The summed E-state index contributed by atoms with van der Waals surface area (Å²) in [7, 11) is -3.39. The van der Waals surface area contributed by atoms with E-state index in [1.165, 1.54) is 11.6 Å². The van der Waals surface area contributed by atoms with Gasteiger partial charge in [-0.1, -0.05) is 30.3 Å². The molecule has 2 aromatic carbocycles. The standard InChI is InChI=1S/C18H20N2O3S/c1-13-11-14-7-3-5-9-16(14)20(13)12-18(21)19-15-8-4-6-10-17(15)24(2,22)23/h3-10,13H,11-12H2,1-2H3,(H,19,21)/t13-/m0/s1. The molecule has 5 nitrogen and oxygen atoms in total. The molecule has 1 aliphatic rings. The van der Waals surface area contributed by atoms with Crippen molar-refractivity contribution in [1.29, 1.82) is 0 Å². The fraction of sp³-hybridized carbons (Fsp3) is 0.278. The van der Waals surface area contributed by atoms with Gasteiger partial charge in [0.05, 0.1) is 17.1 Å². The molecule has 0 aliphatic carbocycles. The topological polar surface area (TPSA) is 66.5 Å². The highest BCUT2D eigenvalue weighted by atomic mass is 32.2. The predicted molar refractivity (Wildman–Crippen MR) is 95.1 cm³/mol. The van der Waals surface area contributed by atoms with E-state index in [9.17, 15) is 13.2 Å². The Morgan fingerprint density at radius 3 is 2.58 bits per heavy atom. The van der Waals surface area contributed by atoms with Crippen molar-refractivity contribution < 1.29 is 13.2 Å². The number of carbonyl (C=O) groups excluding carboxylic acids is 1. The van der Waals surface area contributed by atoms with Crippen molar-refractivity contribution in [2.75, 3.05) is 23.0 Å². The van der Waals surface area contributed by atoms with Gasteiger partial charge in [0.2, 0.25) is 5.91 Å². The van der Waals surface area contributed by atoms with Crippen LogP contribution >= 0.6 is 0 Å². The van der Waals surface area contributed by atoms with Gasteiger partial charge in [0.15, 0.2) is 9.84 Å². The molecule has 0 fully saturated rings. The molecule has 126 valence electrons. The van der Waals surface area contributed by atoms with Crippen LogP contribution in [0.3, 0.4) is 0 Å². The fourth-order valence-electron chi connectivity index (χ4n) is 3.11. The van der Waals surface area contributed by atoms with E-state index in [0.717, 1.165) is 18.4 Å². The number of anilines is 2. The van der Waals surface area contributed by atoms with E-state index in [-0.39, 0.29) is 23.4 Å². The number of nitrogens with zero attached hydrogens (tertiary/aromatic N) is 1. The number of rotatable bonds is 4. The highest BCUT2D eigenvalue weighted by Crippen LogP contribution is 2.31. The van der Waals surface area contributed by atoms with Crippen LogP contribution in [0.25, 0.3) is 0 Å². The third-order valence-electron chi connectivity index (χ3n) is 4.22. The quantitative estimate of drug-likeness (QED) is 0.925. The van der Waals surface area contributed by atoms with Crippen molar-refractivity contribution in [3.63, 3.8) is 0 Å². The summed E-state index contributed by atoms with van der Waals surface area (Å²) in [5.74, 6) is -0.227. The minimum absolute atomic E-state index is 0.133. The van der Waals surface area contributed by atoms with Crippen LogP contribution in [0.1, 0.15) is 12.5 Å². The smallest absolute Gasteiger partial charge is 0.243 e. The molecule has 0 aromatic heterocycles. The van der Waals surface area contributed by atoms with Crippen LogP contribution in [-0.2, 0) is 21.1 Å². The lowest BCUT2D eigenvalue weighted by molar-refractivity contribution is -0.115. The number of amides is 1. The average Bonchev–Trinajstić information content (AvgIpc) is 2.83. The minimum atomic E-state index is -3.39. The monoisotopic (exact) mass is 344 g/mol. The zero-order chi connectivity index (χ0) is 17.3. The molecule has 1 atom stereocenters. The second kappa shape index (κ2) is 6.28. The number of sulfone groups is 1. The Hall–Kier alpha value is -2.34.